The Bertz CT molecular complexity index is 1640. The molecule has 2 aromatic carbocycles. The fourth-order valence-corrected chi connectivity index (χ4v) is 5.86. The van der Waals surface area contributed by atoms with E-state index in [1.807, 2.05) is 31.2 Å². The average molecular weight is 621 g/mol. The Kier molecular flexibility index (Phi) is 10.4. The van der Waals surface area contributed by atoms with Crippen LogP contribution in [0.2, 0.25) is 0 Å². The van der Waals surface area contributed by atoms with E-state index in [9.17, 15) is 14.4 Å². The molecule has 1 aliphatic rings. The summed E-state index contributed by atoms with van der Waals surface area (Å²) in [5, 5.41) is 6.27. The molecule has 0 saturated heterocycles. The number of ether oxygens (including phenoxy) is 3. The average Bonchev–Trinajstić information content (AvgIpc) is 3.74. The van der Waals surface area contributed by atoms with E-state index in [1.54, 1.807) is 42.2 Å². The summed E-state index contributed by atoms with van der Waals surface area (Å²) in [5.41, 5.74) is 1.27. The zero-order valence-electron chi connectivity index (χ0n) is 24.8. The van der Waals surface area contributed by atoms with Gasteiger partial charge in [-0.25, -0.2) is 4.98 Å². The van der Waals surface area contributed by atoms with Gasteiger partial charge in [0.05, 0.1) is 36.1 Å². The number of methoxy groups -OCH3 is 1. The summed E-state index contributed by atoms with van der Waals surface area (Å²) in [4.78, 5) is 44.0. The van der Waals surface area contributed by atoms with E-state index in [0.717, 1.165) is 17.7 Å². The van der Waals surface area contributed by atoms with E-state index in [1.165, 1.54) is 11.8 Å². The lowest BCUT2D eigenvalue weighted by Crippen LogP contribution is -2.33. The number of carbonyl (C=O) groups is 2. The number of aromatic nitrogens is 2. The number of amides is 2. The Morgan fingerprint density at radius 1 is 1.05 bits per heavy atom. The van der Waals surface area contributed by atoms with Crippen molar-refractivity contribution in [1.29, 1.82) is 0 Å². The third-order valence-electron chi connectivity index (χ3n) is 7.28. The third kappa shape index (κ3) is 7.73. The van der Waals surface area contributed by atoms with Crippen molar-refractivity contribution in [3.63, 3.8) is 0 Å². The van der Waals surface area contributed by atoms with Gasteiger partial charge in [-0.15, -0.1) is 0 Å². The Morgan fingerprint density at radius 3 is 2.57 bits per heavy atom. The second kappa shape index (κ2) is 14.8. The molecule has 1 aliphatic heterocycles. The van der Waals surface area contributed by atoms with Crippen LogP contribution in [-0.2, 0) is 29.2 Å². The molecule has 2 N–H and O–H groups in total. The van der Waals surface area contributed by atoms with Gasteiger partial charge in [-0.2, -0.15) is 0 Å². The number of rotatable bonds is 15. The molecule has 0 fully saturated rings. The van der Waals surface area contributed by atoms with Gasteiger partial charge in [0.25, 0.3) is 5.56 Å². The molecule has 0 unspecified atom stereocenters. The van der Waals surface area contributed by atoms with Gasteiger partial charge in [0.1, 0.15) is 11.5 Å². The van der Waals surface area contributed by atoms with Gasteiger partial charge in [0.15, 0.2) is 16.7 Å². The summed E-state index contributed by atoms with van der Waals surface area (Å²) in [6.07, 6.45) is 4.57. The normalized spacial score (nSPS) is 12.7. The fourth-order valence-electron chi connectivity index (χ4n) is 4.79. The number of nitrogens with one attached hydrogen (secondary N) is 2. The predicted octanol–water partition coefficient (Wildman–Crippen LogP) is 4.79. The molecule has 5 rings (SSSR count). The van der Waals surface area contributed by atoms with Crippen molar-refractivity contribution < 1.29 is 28.2 Å². The number of unbranched alkanes of at least 4 members (excludes halogenated alkanes) is 2. The number of furan rings is 1. The number of carbonyl (C=O) groups excluding carboxylic acids is 2. The van der Waals surface area contributed by atoms with Crippen LogP contribution in [0.5, 0.6) is 17.2 Å². The van der Waals surface area contributed by atoms with Crippen LogP contribution in [0.1, 0.15) is 50.4 Å². The van der Waals surface area contributed by atoms with Crippen LogP contribution < -0.4 is 30.4 Å². The van der Waals surface area contributed by atoms with Gasteiger partial charge < -0.3 is 29.3 Å². The molecular weight excluding hydrogens is 584 g/mol. The molecule has 2 aromatic heterocycles. The maximum Gasteiger partial charge on any atom is 0.262 e. The number of thioether (sulfide) groups is 1. The van der Waals surface area contributed by atoms with E-state index >= 15 is 0 Å². The summed E-state index contributed by atoms with van der Waals surface area (Å²) in [5.74, 6) is 2.28. The van der Waals surface area contributed by atoms with Crippen LogP contribution >= 0.6 is 11.8 Å². The monoisotopic (exact) mass is 620 g/mol. The minimum absolute atomic E-state index is 0.0241. The van der Waals surface area contributed by atoms with Crippen molar-refractivity contribution in [3.8, 4) is 17.2 Å². The Balaban J connectivity index is 1.22. The number of hydrogen-bond acceptors (Lipinski definition) is 9. The van der Waals surface area contributed by atoms with Crippen LogP contribution in [0.4, 0.5) is 0 Å². The highest BCUT2D eigenvalue weighted by atomic mass is 32.2. The first-order chi connectivity index (χ1) is 21.4. The van der Waals surface area contributed by atoms with Crippen molar-refractivity contribution in [1.82, 2.24) is 20.2 Å². The summed E-state index contributed by atoms with van der Waals surface area (Å²) >= 11 is 1.26. The first kappa shape index (κ1) is 31.0. The SMILES string of the molecule is CC[C@H](Sc1nc2cc3c(cc2c(=O)n1CCCCCC(=O)NCc1ccc(OC)cc1)OCO3)C(=O)NCc1ccco1. The second-order valence-corrected chi connectivity index (χ2v) is 11.5. The van der Waals surface area contributed by atoms with Gasteiger partial charge in [-0.05, 0) is 55.2 Å². The molecule has 232 valence electrons. The highest BCUT2D eigenvalue weighted by molar-refractivity contribution is 8.00. The molecule has 12 heteroatoms. The van der Waals surface area contributed by atoms with Crippen LogP contribution in [-0.4, -0.2) is 40.5 Å². The molecule has 0 radical (unpaired) electrons. The molecule has 44 heavy (non-hydrogen) atoms. The number of fused-ring (bicyclic) bond motifs is 2. The van der Waals surface area contributed by atoms with Crippen molar-refractivity contribution in [3.05, 3.63) is 76.5 Å². The van der Waals surface area contributed by atoms with Crippen molar-refractivity contribution >= 4 is 34.5 Å². The minimum atomic E-state index is -0.469. The zero-order valence-corrected chi connectivity index (χ0v) is 25.6. The molecule has 11 nitrogen and oxygen atoms in total. The molecule has 0 saturated carbocycles. The predicted molar refractivity (Wildman–Crippen MR) is 166 cm³/mol. The van der Waals surface area contributed by atoms with Gasteiger partial charge >= 0.3 is 0 Å². The molecule has 3 heterocycles. The van der Waals surface area contributed by atoms with Crippen LogP contribution in [0.25, 0.3) is 10.9 Å². The van der Waals surface area contributed by atoms with E-state index < -0.39 is 5.25 Å². The van der Waals surface area contributed by atoms with Crippen LogP contribution in [0.3, 0.4) is 0 Å². The highest BCUT2D eigenvalue weighted by Gasteiger charge is 2.24. The number of nitrogens with zero attached hydrogens (tertiary/aromatic N) is 2. The lowest BCUT2D eigenvalue weighted by Gasteiger charge is -2.18. The molecule has 0 aliphatic carbocycles. The molecular formula is C32H36N4O7S. The first-order valence-corrected chi connectivity index (χ1v) is 15.5. The van der Waals surface area contributed by atoms with Gasteiger partial charge in [-0.3, -0.25) is 19.0 Å². The number of hydrogen-bond donors (Lipinski definition) is 2. The highest BCUT2D eigenvalue weighted by Crippen LogP contribution is 2.35. The van der Waals surface area contributed by atoms with Crippen molar-refractivity contribution in [2.45, 2.75) is 69.1 Å². The van der Waals surface area contributed by atoms with Crippen LogP contribution in [0.15, 0.2) is 69.2 Å². The summed E-state index contributed by atoms with van der Waals surface area (Å²) in [6.45, 7) is 3.14. The summed E-state index contributed by atoms with van der Waals surface area (Å²) in [7, 11) is 1.62. The van der Waals surface area contributed by atoms with E-state index in [2.05, 4.69) is 10.6 Å². The zero-order chi connectivity index (χ0) is 30.9. The quantitative estimate of drug-likeness (QED) is 0.109. The number of benzene rings is 2. The Morgan fingerprint density at radius 2 is 1.84 bits per heavy atom. The summed E-state index contributed by atoms with van der Waals surface area (Å²) in [6, 6.07) is 14.5. The van der Waals surface area contributed by atoms with E-state index in [4.69, 9.17) is 23.6 Å². The van der Waals surface area contributed by atoms with Crippen molar-refractivity contribution in [2.75, 3.05) is 13.9 Å². The lowest BCUT2D eigenvalue weighted by molar-refractivity contribution is -0.122. The van der Waals surface area contributed by atoms with Crippen molar-refractivity contribution in [2.24, 2.45) is 0 Å². The topological polar surface area (TPSA) is 134 Å². The molecule has 2 amide bonds. The maximum atomic E-state index is 13.7. The van der Waals surface area contributed by atoms with Gasteiger partial charge in [0.2, 0.25) is 18.6 Å². The lowest BCUT2D eigenvalue weighted by atomic mass is 10.1. The smallest absolute Gasteiger partial charge is 0.262 e. The Hall–Kier alpha value is -4.45. The van der Waals surface area contributed by atoms with Gasteiger partial charge in [0, 0.05) is 25.6 Å². The second-order valence-electron chi connectivity index (χ2n) is 10.3. The molecule has 0 spiro atoms. The minimum Gasteiger partial charge on any atom is -0.497 e. The Labute approximate surface area is 259 Å². The summed E-state index contributed by atoms with van der Waals surface area (Å²) < 4.78 is 23.1. The maximum absolute atomic E-state index is 13.7. The largest absolute Gasteiger partial charge is 0.497 e. The van der Waals surface area contributed by atoms with E-state index in [-0.39, 0.29) is 30.7 Å². The van der Waals surface area contributed by atoms with Gasteiger partial charge in [-0.1, -0.05) is 37.2 Å². The van der Waals surface area contributed by atoms with Crippen LogP contribution in [0, 0.1) is 0 Å². The van der Waals surface area contributed by atoms with E-state index in [0.29, 0.717) is 72.1 Å². The third-order valence-corrected chi connectivity index (χ3v) is 8.63. The first-order valence-electron chi connectivity index (χ1n) is 14.7. The molecule has 1 atom stereocenters. The standard InChI is InChI=1S/C32H36N4O7S/c1-3-28(30(38)34-19-23-8-7-15-41-23)44-32-35-25-17-27-26(42-20-43-27)16-24(25)31(39)36(32)14-6-4-5-9-29(37)33-18-21-10-12-22(40-2)13-11-21/h7-8,10-13,15-17,28H,3-6,9,14,18-20H2,1-2H3,(H,33,37)(H,34,38)/t28-/m0/s1. The molecule has 4 aromatic rings. The fraction of sp³-hybridized carbons (Fsp3) is 0.375. The molecule has 0 bridgehead atoms.